The lowest BCUT2D eigenvalue weighted by Crippen LogP contribution is -2.43. The van der Waals surface area contributed by atoms with Gasteiger partial charge >= 0.3 is 11.9 Å². The molecule has 1 atom stereocenters. The van der Waals surface area contributed by atoms with Crippen LogP contribution in [0.5, 0.6) is 0 Å². The first-order valence-electron chi connectivity index (χ1n) is 11.0. The van der Waals surface area contributed by atoms with Crippen molar-refractivity contribution in [3.8, 4) is 0 Å². The van der Waals surface area contributed by atoms with Crippen LogP contribution in [0, 0.1) is 5.82 Å². The van der Waals surface area contributed by atoms with Crippen molar-refractivity contribution in [3.63, 3.8) is 0 Å². The van der Waals surface area contributed by atoms with E-state index in [0.717, 1.165) is 6.07 Å². The Morgan fingerprint density at radius 2 is 2.14 bits per heavy atom. The number of aromatic nitrogens is 1. The summed E-state index contributed by atoms with van der Waals surface area (Å²) >= 11 is 7.59. The number of hydrogen-bond donors (Lipinski definition) is 2. The predicted octanol–water partition coefficient (Wildman–Crippen LogP) is 2.80. The number of halogens is 2. The summed E-state index contributed by atoms with van der Waals surface area (Å²) in [5.74, 6) is -1.73. The van der Waals surface area contributed by atoms with E-state index in [0.29, 0.717) is 60.6 Å². The molecule has 0 saturated carbocycles. The van der Waals surface area contributed by atoms with E-state index in [-0.39, 0.29) is 29.6 Å². The van der Waals surface area contributed by atoms with Crippen LogP contribution in [0.4, 0.5) is 4.39 Å². The number of morpholine rings is 1. The molecule has 9 nitrogen and oxygen atoms in total. The first kappa shape index (κ1) is 25.2. The van der Waals surface area contributed by atoms with Crippen molar-refractivity contribution in [2.24, 2.45) is 4.99 Å². The number of benzene rings is 1. The Morgan fingerprint density at radius 3 is 2.83 bits per heavy atom. The lowest BCUT2D eigenvalue weighted by Gasteiger charge is -2.32. The van der Waals surface area contributed by atoms with Crippen LogP contribution in [0.25, 0.3) is 0 Å². The Bertz CT molecular complexity index is 1180. The number of hydrogen-bond acceptors (Lipinski definition) is 9. The minimum atomic E-state index is -1.16. The standard InChI is InChI=1S/C23H24ClFN4O5S/c1-2-34-18(30)10-14-12-35-22(26-14)21-27-17(11-29-5-7-33-8-6-29)19(23(31)32)20(28-21)15-4-3-13(25)9-16(15)24/h3-4,9,12,20H,2,5-8,10-11H2,1H3,(H,27,28)(H,31,32). The molecule has 1 aromatic carbocycles. The van der Waals surface area contributed by atoms with Crippen LogP contribution in [-0.2, 0) is 25.5 Å². The van der Waals surface area contributed by atoms with Crippen LogP contribution < -0.4 is 5.32 Å². The van der Waals surface area contributed by atoms with Gasteiger partial charge in [0.25, 0.3) is 0 Å². The van der Waals surface area contributed by atoms with E-state index in [2.05, 4.69) is 20.2 Å². The number of esters is 1. The maximum Gasteiger partial charge on any atom is 0.335 e. The lowest BCUT2D eigenvalue weighted by molar-refractivity contribution is -0.142. The average Bonchev–Trinajstić information content (AvgIpc) is 3.27. The maximum absolute atomic E-state index is 13.7. The van der Waals surface area contributed by atoms with Gasteiger partial charge in [0.2, 0.25) is 0 Å². The molecule has 1 fully saturated rings. The third-order valence-corrected chi connectivity index (χ3v) is 6.71. The monoisotopic (exact) mass is 522 g/mol. The minimum Gasteiger partial charge on any atom is -0.478 e. The molecule has 4 rings (SSSR count). The number of carbonyl (C=O) groups is 2. The van der Waals surface area contributed by atoms with Gasteiger partial charge < -0.3 is 19.9 Å². The van der Waals surface area contributed by atoms with Crippen LogP contribution in [0.3, 0.4) is 0 Å². The van der Waals surface area contributed by atoms with Gasteiger partial charge in [-0.1, -0.05) is 17.7 Å². The van der Waals surface area contributed by atoms with Gasteiger partial charge in [-0.15, -0.1) is 11.3 Å². The molecule has 2 aromatic rings. The number of carboxylic acids is 1. The third kappa shape index (κ3) is 6.04. The summed E-state index contributed by atoms with van der Waals surface area (Å²) < 4.78 is 24.1. The second-order valence-corrected chi connectivity index (χ2v) is 9.15. The Balaban J connectivity index is 1.73. The molecule has 35 heavy (non-hydrogen) atoms. The highest BCUT2D eigenvalue weighted by molar-refractivity contribution is 7.11. The second-order valence-electron chi connectivity index (χ2n) is 7.88. The minimum absolute atomic E-state index is 0.0156. The Labute approximate surface area is 210 Å². The molecule has 12 heteroatoms. The van der Waals surface area contributed by atoms with Crippen LogP contribution in [0.1, 0.15) is 29.2 Å². The third-order valence-electron chi connectivity index (χ3n) is 5.48. The van der Waals surface area contributed by atoms with Crippen molar-refractivity contribution in [2.45, 2.75) is 19.4 Å². The molecule has 1 aromatic heterocycles. The fourth-order valence-electron chi connectivity index (χ4n) is 3.87. The van der Waals surface area contributed by atoms with Crippen molar-refractivity contribution in [1.29, 1.82) is 0 Å². The molecule has 0 aliphatic carbocycles. The van der Waals surface area contributed by atoms with E-state index in [1.165, 1.54) is 23.5 Å². The van der Waals surface area contributed by atoms with E-state index in [1.807, 2.05) is 0 Å². The zero-order chi connectivity index (χ0) is 24.9. The number of thiazole rings is 1. The normalized spacial score (nSPS) is 18.7. The number of amidine groups is 1. The first-order chi connectivity index (χ1) is 16.9. The lowest BCUT2D eigenvalue weighted by atomic mass is 9.95. The van der Waals surface area contributed by atoms with Gasteiger partial charge in [-0.3, -0.25) is 14.7 Å². The number of ether oxygens (including phenoxy) is 2. The highest BCUT2D eigenvalue weighted by Crippen LogP contribution is 2.36. The van der Waals surface area contributed by atoms with Crippen LogP contribution >= 0.6 is 22.9 Å². The zero-order valence-electron chi connectivity index (χ0n) is 18.9. The van der Waals surface area contributed by atoms with Gasteiger partial charge in [-0.05, 0) is 19.1 Å². The molecule has 1 saturated heterocycles. The molecule has 0 radical (unpaired) electrons. The number of aliphatic imine (C=N–C) groups is 1. The van der Waals surface area contributed by atoms with Crippen LogP contribution in [0.2, 0.25) is 5.02 Å². The molecule has 1 unspecified atom stereocenters. The molecule has 0 bridgehead atoms. The summed E-state index contributed by atoms with van der Waals surface area (Å²) in [4.78, 5) is 35.5. The van der Waals surface area contributed by atoms with Crippen LogP contribution in [0.15, 0.2) is 39.8 Å². The Kier molecular flexibility index (Phi) is 8.11. The highest BCUT2D eigenvalue weighted by Gasteiger charge is 2.34. The molecular weight excluding hydrogens is 499 g/mol. The average molecular weight is 523 g/mol. The number of carboxylic acid groups (broad SMARTS) is 1. The summed E-state index contributed by atoms with van der Waals surface area (Å²) in [6.45, 7) is 4.72. The maximum atomic E-state index is 13.7. The van der Waals surface area contributed by atoms with Crippen molar-refractivity contribution < 1.29 is 28.6 Å². The summed E-state index contributed by atoms with van der Waals surface area (Å²) in [7, 11) is 0. The van der Waals surface area contributed by atoms with E-state index in [1.54, 1.807) is 12.3 Å². The summed E-state index contributed by atoms with van der Waals surface area (Å²) in [6, 6.07) is 2.82. The Hall–Kier alpha value is -2.86. The van der Waals surface area contributed by atoms with Gasteiger partial charge in [0.1, 0.15) is 11.9 Å². The molecule has 3 heterocycles. The molecule has 2 N–H and O–H groups in total. The fraction of sp³-hybridized carbons (Fsp3) is 0.391. The second kappa shape index (κ2) is 11.3. The van der Waals surface area contributed by atoms with Crippen molar-refractivity contribution in [2.75, 3.05) is 39.5 Å². The molecule has 2 aliphatic heterocycles. The van der Waals surface area contributed by atoms with E-state index >= 15 is 0 Å². The number of aliphatic carboxylic acids is 1. The molecule has 186 valence electrons. The van der Waals surface area contributed by atoms with E-state index in [9.17, 15) is 19.1 Å². The summed E-state index contributed by atoms with van der Waals surface area (Å²) in [5, 5.41) is 15.6. The molecule has 0 amide bonds. The number of nitrogens with zero attached hydrogens (tertiary/aromatic N) is 3. The molecular formula is C23H24ClFN4O5S. The number of nitrogens with one attached hydrogen (secondary N) is 1. The quantitative estimate of drug-likeness (QED) is 0.509. The summed E-state index contributed by atoms with van der Waals surface area (Å²) in [6.07, 6.45) is 0.0156. The molecule has 0 spiro atoms. The largest absolute Gasteiger partial charge is 0.478 e. The Morgan fingerprint density at radius 1 is 1.37 bits per heavy atom. The van der Waals surface area contributed by atoms with Gasteiger partial charge in [0.15, 0.2) is 10.8 Å². The first-order valence-corrected chi connectivity index (χ1v) is 12.3. The predicted molar refractivity (Wildman–Crippen MR) is 128 cm³/mol. The van der Waals surface area contributed by atoms with Crippen LogP contribution in [-0.4, -0.2) is 72.2 Å². The molecule has 2 aliphatic rings. The fourth-order valence-corrected chi connectivity index (χ4v) is 4.91. The summed E-state index contributed by atoms with van der Waals surface area (Å²) in [5.41, 5.74) is 1.35. The van der Waals surface area contributed by atoms with E-state index in [4.69, 9.17) is 21.1 Å². The number of rotatable bonds is 8. The SMILES string of the molecule is CCOC(=O)Cc1csc(C2=NC(c3ccc(F)cc3Cl)C(C(=O)O)=C(CN3CCOCC3)N2)n1. The van der Waals surface area contributed by atoms with Crippen molar-refractivity contribution in [3.05, 3.63) is 62.0 Å². The van der Waals surface area contributed by atoms with E-state index < -0.39 is 17.8 Å². The highest BCUT2D eigenvalue weighted by atomic mass is 35.5. The van der Waals surface area contributed by atoms with Gasteiger partial charge in [-0.2, -0.15) is 0 Å². The van der Waals surface area contributed by atoms with Crippen molar-refractivity contribution >= 4 is 40.7 Å². The van der Waals surface area contributed by atoms with Gasteiger partial charge in [0, 0.05) is 41.3 Å². The van der Waals surface area contributed by atoms with Gasteiger partial charge in [-0.25, -0.2) is 14.2 Å². The topological polar surface area (TPSA) is 113 Å². The van der Waals surface area contributed by atoms with Gasteiger partial charge in [0.05, 0.1) is 37.5 Å². The number of carbonyl (C=O) groups excluding carboxylic acids is 1. The zero-order valence-corrected chi connectivity index (χ0v) is 20.5. The van der Waals surface area contributed by atoms with Crippen molar-refractivity contribution in [1.82, 2.24) is 15.2 Å². The smallest absolute Gasteiger partial charge is 0.335 e.